The van der Waals surface area contributed by atoms with Gasteiger partial charge in [0.15, 0.2) is 0 Å². The second-order valence-electron chi connectivity index (χ2n) is 10.0. The van der Waals surface area contributed by atoms with Gasteiger partial charge in [0, 0.05) is 37.1 Å². The van der Waals surface area contributed by atoms with Crippen molar-refractivity contribution in [1.29, 1.82) is 0 Å². The number of anilines is 1. The first-order valence-electron chi connectivity index (χ1n) is 12.4. The molecule has 1 saturated carbocycles. The molecule has 9 nitrogen and oxygen atoms in total. The van der Waals surface area contributed by atoms with Gasteiger partial charge in [0.05, 0.1) is 30.3 Å². The molecule has 0 radical (unpaired) electrons. The molecule has 1 saturated heterocycles. The zero-order valence-corrected chi connectivity index (χ0v) is 21.1. The SMILES string of the molecule is Cc1nc2c(-c3ccc(C(F)(F)F)nc3)nc(N3C[C@@H](c4cnn(C5CC5)c4)O[C@@H](C)C3)cc2c(=O)n1C. The van der Waals surface area contributed by atoms with E-state index in [-0.39, 0.29) is 17.8 Å². The van der Waals surface area contributed by atoms with Gasteiger partial charge >= 0.3 is 6.18 Å². The van der Waals surface area contributed by atoms with Crippen LogP contribution in [0.15, 0.2) is 41.6 Å². The fourth-order valence-electron chi connectivity index (χ4n) is 4.81. The molecule has 4 aromatic heterocycles. The highest BCUT2D eigenvalue weighted by Crippen LogP contribution is 2.36. The van der Waals surface area contributed by atoms with Gasteiger partial charge in [-0.3, -0.25) is 19.0 Å². The minimum atomic E-state index is -4.56. The minimum Gasteiger partial charge on any atom is -0.367 e. The zero-order chi connectivity index (χ0) is 26.8. The second kappa shape index (κ2) is 8.90. The predicted molar refractivity (Wildman–Crippen MR) is 134 cm³/mol. The molecule has 6 rings (SSSR count). The topological polar surface area (TPSA) is 91.0 Å². The molecule has 0 amide bonds. The van der Waals surface area contributed by atoms with E-state index in [1.54, 1.807) is 20.0 Å². The maximum atomic E-state index is 13.3. The maximum Gasteiger partial charge on any atom is 0.433 e. The Morgan fingerprint density at radius 2 is 1.89 bits per heavy atom. The summed E-state index contributed by atoms with van der Waals surface area (Å²) in [6, 6.07) is 4.38. The van der Waals surface area contributed by atoms with Crippen LogP contribution in [0.3, 0.4) is 0 Å². The fraction of sp³-hybridized carbons (Fsp3) is 0.423. The first kappa shape index (κ1) is 24.5. The number of nitrogens with zero attached hydrogens (tertiary/aromatic N) is 7. The van der Waals surface area contributed by atoms with Gasteiger partial charge in [-0.1, -0.05) is 0 Å². The molecule has 2 atom stereocenters. The lowest BCUT2D eigenvalue weighted by Gasteiger charge is -2.37. The molecule has 0 N–H and O–H groups in total. The van der Waals surface area contributed by atoms with E-state index in [2.05, 4.69) is 15.1 Å². The normalized spacial score (nSPS) is 20.3. The number of ether oxygens (including phenoxy) is 1. The highest BCUT2D eigenvalue weighted by Gasteiger charge is 2.33. The summed E-state index contributed by atoms with van der Waals surface area (Å²) in [6.45, 7) is 4.66. The summed E-state index contributed by atoms with van der Waals surface area (Å²) in [6.07, 6.45) is 2.28. The van der Waals surface area contributed by atoms with Gasteiger partial charge in [-0.15, -0.1) is 0 Å². The summed E-state index contributed by atoms with van der Waals surface area (Å²) in [5, 5.41) is 4.82. The van der Waals surface area contributed by atoms with Crippen molar-refractivity contribution >= 4 is 16.7 Å². The summed E-state index contributed by atoms with van der Waals surface area (Å²) in [7, 11) is 1.63. The lowest BCUT2D eigenvalue weighted by molar-refractivity contribution is -0.141. The maximum absolute atomic E-state index is 13.3. The van der Waals surface area contributed by atoms with E-state index in [1.165, 1.54) is 10.6 Å². The highest BCUT2D eigenvalue weighted by molar-refractivity contribution is 5.92. The van der Waals surface area contributed by atoms with Gasteiger partial charge in [-0.2, -0.15) is 18.3 Å². The molecular formula is C26H26F3N7O2. The van der Waals surface area contributed by atoms with Crippen molar-refractivity contribution in [2.75, 3.05) is 18.0 Å². The van der Waals surface area contributed by atoms with Crippen molar-refractivity contribution in [1.82, 2.24) is 29.3 Å². The molecule has 1 aliphatic heterocycles. The van der Waals surface area contributed by atoms with Crippen molar-refractivity contribution in [3.8, 4) is 11.3 Å². The highest BCUT2D eigenvalue weighted by atomic mass is 19.4. The molecule has 2 aliphatic rings. The number of pyridine rings is 2. The zero-order valence-electron chi connectivity index (χ0n) is 21.1. The number of aromatic nitrogens is 6. The minimum absolute atomic E-state index is 0.134. The standard InChI is InChI=1S/C26H26F3N7O2/c1-14-11-35(13-20(38-14)17-10-31-36(12-17)18-5-6-18)22-8-19-24(32-15(2)34(3)25(19)37)23(33-22)16-4-7-21(30-9-16)26(27,28)29/h4,7-10,12,14,18,20H,5-6,11,13H2,1-3H3/t14-,20-/m0/s1. The molecule has 198 valence electrons. The van der Waals surface area contributed by atoms with Gasteiger partial charge in [0.2, 0.25) is 0 Å². The molecule has 2 fully saturated rings. The smallest absolute Gasteiger partial charge is 0.367 e. The summed E-state index contributed by atoms with van der Waals surface area (Å²) < 4.78 is 49.1. The van der Waals surface area contributed by atoms with Crippen LogP contribution in [0.1, 0.15) is 49.0 Å². The summed E-state index contributed by atoms with van der Waals surface area (Å²) >= 11 is 0. The third-order valence-electron chi connectivity index (χ3n) is 7.10. The van der Waals surface area contributed by atoms with E-state index < -0.39 is 11.9 Å². The number of halogens is 3. The van der Waals surface area contributed by atoms with Crippen LogP contribution in [-0.2, 0) is 18.0 Å². The molecule has 12 heteroatoms. The van der Waals surface area contributed by atoms with Crippen molar-refractivity contribution in [2.24, 2.45) is 7.05 Å². The van der Waals surface area contributed by atoms with Crippen LogP contribution in [0, 0.1) is 6.92 Å². The van der Waals surface area contributed by atoms with Gasteiger partial charge in [-0.05, 0) is 44.9 Å². The van der Waals surface area contributed by atoms with E-state index in [0.717, 1.165) is 30.7 Å². The lowest BCUT2D eigenvalue weighted by atomic mass is 10.1. The Labute approximate surface area is 215 Å². The predicted octanol–water partition coefficient (Wildman–Crippen LogP) is 4.22. The van der Waals surface area contributed by atoms with Crippen LogP contribution in [-0.4, -0.2) is 48.5 Å². The van der Waals surface area contributed by atoms with E-state index in [4.69, 9.17) is 9.72 Å². The van der Waals surface area contributed by atoms with Gasteiger partial charge in [0.25, 0.3) is 5.56 Å². The Morgan fingerprint density at radius 1 is 1.11 bits per heavy atom. The average molecular weight is 526 g/mol. The van der Waals surface area contributed by atoms with Crippen molar-refractivity contribution in [2.45, 2.75) is 51.1 Å². The first-order valence-corrected chi connectivity index (χ1v) is 12.4. The summed E-state index contributed by atoms with van der Waals surface area (Å²) in [5.74, 6) is 0.982. The van der Waals surface area contributed by atoms with Crippen LogP contribution in [0.4, 0.5) is 19.0 Å². The third-order valence-corrected chi connectivity index (χ3v) is 7.10. The molecule has 0 aromatic carbocycles. The number of fused-ring (bicyclic) bond motifs is 1. The van der Waals surface area contributed by atoms with E-state index in [9.17, 15) is 18.0 Å². The number of hydrogen-bond acceptors (Lipinski definition) is 7. The molecular weight excluding hydrogens is 499 g/mol. The Hall–Kier alpha value is -3.80. The lowest BCUT2D eigenvalue weighted by Crippen LogP contribution is -2.43. The Balaban J connectivity index is 1.44. The molecule has 0 unspecified atom stereocenters. The Morgan fingerprint density at radius 3 is 2.58 bits per heavy atom. The van der Waals surface area contributed by atoms with Gasteiger partial charge < -0.3 is 9.64 Å². The van der Waals surface area contributed by atoms with Crippen LogP contribution < -0.4 is 10.5 Å². The molecule has 0 spiro atoms. The van der Waals surface area contributed by atoms with Gasteiger partial charge in [-0.25, -0.2) is 9.97 Å². The van der Waals surface area contributed by atoms with Crippen molar-refractivity contribution in [3.05, 3.63) is 64.2 Å². The quantitative estimate of drug-likeness (QED) is 0.394. The number of alkyl halides is 3. The molecule has 1 aliphatic carbocycles. The largest absolute Gasteiger partial charge is 0.433 e. The van der Waals surface area contributed by atoms with E-state index in [0.29, 0.717) is 52.9 Å². The average Bonchev–Trinajstić information content (AvgIpc) is 3.62. The number of aryl methyl sites for hydroxylation is 1. The molecule has 5 heterocycles. The van der Waals surface area contributed by atoms with Crippen LogP contribution in [0.2, 0.25) is 0 Å². The first-order chi connectivity index (χ1) is 18.1. The second-order valence-corrected chi connectivity index (χ2v) is 10.0. The summed E-state index contributed by atoms with van der Waals surface area (Å²) in [5.41, 5.74) is 0.665. The van der Waals surface area contributed by atoms with E-state index in [1.807, 2.05) is 28.9 Å². The third kappa shape index (κ3) is 4.42. The van der Waals surface area contributed by atoms with E-state index >= 15 is 0 Å². The molecule has 0 bridgehead atoms. The number of morpholine rings is 1. The van der Waals surface area contributed by atoms with Crippen LogP contribution >= 0.6 is 0 Å². The molecule has 4 aromatic rings. The van der Waals surface area contributed by atoms with Crippen LogP contribution in [0.5, 0.6) is 0 Å². The van der Waals surface area contributed by atoms with Gasteiger partial charge in [0.1, 0.15) is 34.7 Å². The Bertz CT molecular complexity index is 1570. The van der Waals surface area contributed by atoms with Crippen molar-refractivity contribution < 1.29 is 17.9 Å². The molecule has 38 heavy (non-hydrogen) atoms. The summed E-state index contributed by atoms with van der Waals surface area (Å²) in [4.78, 5) is 28.3. The number of rotatable bonds is 4. The fourth-order valence-corrected chi connectivity index (χ4v) is 4.81. The van der Waals surface area contributed by atoms with Crippen molar-refractivity contribution in [3.63, 3.8) is 0 Å². The Kier molecular flexibility index (Phi) is 5.74. The number of hydrogen-bond donors (Lipinski definition) is 0. The monoisotopic (exact) mass is 525 g/mol. The van der Waals surface area contributed by atoms with Crippen LogP contribution in [0.25, 0.3) is 22.2 Å².